The van der Waals surface area contributed by atoms with Gasteiger partial charge in [0.25, 0.3) is 0 Å². The van der Waals surface area contributed by atoms with E-state index >= 15 is 0 Å². The first kappa shape index (κ1) is 9.68. The number of nitrogens with zero attached hydrogens (tertiary/aromatic N) is 1. The zero-order valence-corrected chi connectivity index (χ0v) is 8.90. The van der Waals surface area contributed by atoms with Crippen molar-refractivity contribution in [2.75, 3.05) is 7.05 Å². The van der Waals surface area contributed by atoms with Crippen molar-refractivity contribution in [2.24, 2.45) is 0 Å². The molecule has 0 aromatic carbocycles. The van der Waals surface area contributed by atoms with E-state index in [4.69, 9.17) is 0 Å². The van der Waals surface area contributed by atoms with Gasteiger partial charge in [-0.3, -0.25) is 0 Å². The van der Waals surface area contributed by atoms with Gasteiger partial charge in [0, 0.05) is 5.38 Å². The Kier molecular flexibility index (Phi) is 3.23. The van der Waals surface area contributed by atoms with E-state index < -0.39 is 0 Å². The van der Waals surface area contributed by atoms with Gasteiger partial charge in [-0.1, -0.05) is 13.8 Å². The van der Waals surface area contributed by atoms with E-state index in [0.717, 1.165) is 0 Å². The lowest BCUT2D eigenvalue weighted by Gasteiger charge is -2.04. The Morgan fingerprint density at radius 1 is 1.42 bits per heavy atom. The molecular formula is C9H16N2S. The van der Waals surface area contributed by atoms with Gasteiger partial charge in [-0.2, -0.15) is 0 Å². The van der Waals surface area contributed by atoms with E-state index in [9.17, 15) is 0 Å². The molecule has 0 radical (unpaired) electrons. The minimum atomic E-state index is 0.377. The lowest BCUT2D eigenvalue weighted by Crippen LogP contribution is -2.11. The largest absolute Gasteiger partial charge is 0.311 e. The van der Waals surface area contributed by atoms with Gasteiger partial charge in [-0.15, -0.1) is 11.3 Å². The summed E-state index contributed by atoms with van der Waals surface area (Å²) in [6, 6.07) is 0.377. The van der Waals surface area contributed by atoms with Crippen molar-refractivity contribution < 1.29 is 0 Å². The van der Waals surface area contributed by atoms with E-state index in [1.165, 1.54) is 10.7 Å². The number of nitrogens with one attached hydrogen (secondary N) is 1. The van der Waals surface area contributed by atoms with Crippen molar-refractivity contribution in [3.63, 3.8) is 0 Å². The van der Waals surface area contributed by atoms with Crippen LogP contribution in [0.1, 0.15) is 43.4 Å². The Hall–Kier alpha value is -0.410. The highest BCUT2D eigenvalue weighted by atomic mass is 32.1. The van der Waals surface area contributed by atoms with Crippen LogP contribution in [0.25, 0.3) is 0 Å². The molecule has 0 spiro atoms. The Labute approximate surface area is 78.0 Å². The van der Waals surface area contributed by atoms with Gasteiger partial charge in [0.15, 0.2) is 0 Å². The summed E-state index contributed by atoms with van der Waals surface area (Å²) in [5.74, 6) is 0.541. The van der Waals surface area contributed by atoms with Crippen LogP contribution in [0.5, 0.6) is 0 Å². The maximum atomic E-state index is 4.54. The molecule has 0 saturated heterocycles. The molecule has 0 bridgehead atoms. The third kappa shape index (κ3) is 2.05. The van der Waals surface area contributed by atoms with Crippen molar-refractivity contribution in [1.29, 1.82) is 0 Å². The topological polar surface area (TPSA) is 24.9 Å². The smallest absolute Gasteiger partial charge is 0.110 e. The first-order chi connectivity index (χ1) is 5.65. The molecule has 3 heteroatoms. The van der Waals surface area contributed by atoms with Crippen LogP contribution in [0.3, 0.4) is 0 Å². The highest BCUT2D eigenvalue weighted by molar-refractivity contribution is 7.09. The zero-order valence-electron chi connectivity index (χ0n) is 8.09. The van der Waals surface area contributed by atoms with Crippen molar-refractivity contribution in [3.8, 4) is 0 Å². The van der Waals surface area contributed by atoms with Gasteiger partial charge in [-0.25, -0.2) is 4.98 Å². The first-order valence-electron chi connectivity index (χ1n) is 4.27. The summed E-state index contributed by atoms with van der Waals surface area (Å²) in [4.78, 5) is 4.54. The van der Waals surface area contributed by atoms with E-state index in [-0.39, 0.29) is 0 Å². The molecule has 1 rings (SSSR count). The summed E-state index contributed by atoms with van der Waals surface area (Å²) in [5.41, 5.74) is 1.21. The molecule has 0 aliphatic heterocycles. The van der Waals surface area contributed by atoms with Gasteiger partial charge in [0.1, 0.15) is 5.01 Å². The van der Waals surface area contributed by atoms with Crippen LogP contribution < -0.4 is 5.32 Å². The molecule has 0 aliphatic rings. The maximum Gasteiger partial charge on any atom is 0.110 e. The van der Waals surface area contributed by atoms with Crippen LogP contribution in [0, 0.1) is 0 Å². The lowest BCUT2D eigenvalue weighted by atomic mass is 10.2. The summed E-state index contributed by atoms with van der Waals surface area (Å²) < 4.78 is 0. The van der Waals surface area contributed by atoms with Gasteiger partial charge in [0.2, 0.25) is 0 Å². The molecule has 68 valence electrons. The van der Waals surface area contributed by atoms with E-state index in [1.54, 1.807) is 11.3 Å². The molecule has 1 aromatic heterocycles. The van der Waals surface area contributed by atoms with Crippen LogP contribution in [-0.2, 0) is 0 Å². The van der Waals surface area contributed by atoms with E-state index in [2.05, 4.69) is 36.5 Å². The van der Waals surface area contributed by atoms with Crippen molar-refractivity contribution in [3.05, 3.63) is 16.1 Å². The number of aromatic nitrogens is 1. The van der Waals surface area contributed by atoms with Crippen LogP contribution in [0.4, 0.5) is 0 Å². The third-order valence-electron chi connectivity index (χ3n) is 1.93. The Morgan fingerprint density at radius 2 is 2.08 bits per heavy atom. The second-order valence-corrected chi connectivity index (χ2v) is 4.17. The molecule has 1 N–H and O–H groups in total. The number of rotatable bonds is 3. The predicted molar refractivity (Wildman–Crippen MR) is 53.7 cm³/mol. The second kappa shape index (κ2) is 4.01. The molecule has 0 fully saturated rings. The minimum Gasteiger partial charge on any atom is -0.311 e. The number of hydrogen-bond acceptors (Lipinski definition) is 3. The Balaban J connectivity index is 2.77. The third-order valence-corrected chi connectivity index (χ3v) is 2.98. The zero-order chi connectivity index (χ0) is 9.14. The maximum absolute atomic E-state index is 4.54. The van der Waals surface area contributed by atoms with E-state index in [1.807, 2.05) is 7.05 Å². The van der Waals surface area contributed by atoms with Crippen molar-refractivity contribution in [2.45, 2.75) is 32.7 Å². The molecule has 12 heavy (non-hydrogen) atoms. The lowest BCUT2D eigenvalue weighted by molar-refractivity contribution is 0.642. The van der Waals surface area contributed by atoms with Crippen LogP contribution in [0.15, 0.2) is 5.38 Å². The van der Waals surface area contributed by atoms with Crippen molar-refractivity contribution >= 4 is 11.3 Å². The van der Waals surface area contributed by atoms with Crippen LogP contribution in [0.2, 0.25) is 0 Å². The average molecular weight is 184 g/mol. The molecule has 2 nitrogen and oxygen atoms in total. The molecule has 0 aliphatic carbocycles. The van der Waals surface area contributed by atoms with Gasteiger partial charge >= 0.3 is 0 Å². The highest BCUT2D eigenvalue weighted by Crippen LogP contribution is 2.21. The summed E-state index contributed by atoms with van der Waals surface area (Å²) in [7, 11) is 1.96. The fourth-order valence-corrected chi connectivity index (χ4v) is 1.93. The van der Waals surface area contributed by atoms with Crippen LogP contribution >= 0.6 is 11.3 Å². The highest BCUT2D eigenvalue weighted by Gasteiger charge is 2.09. The fourth-order valence-electron chi connectivity index (χ4n) is 0.888. The molecule has 1 unspecified atom stereocenters. The second-order valence-electron chi connectivity index (χ2n) is 3.28. The molecular weight excluding hydrogens is 168 g/mol. The number of hydrogen-bond donors (Lipinski definition) is 1. The van der Waals surface area contributed by atoms with Gasteiger partial charge in [-0.05, 0) is 19.9 Å². The molecule has 1 atom stereocenters. The standard InChI is InChI=1S/C9H16N2S/c1-6(2)8-5-12-9(11-8)7(3)10-4/h5-7,10H,1-4H3. The quantitative estimate of drug-likeness (QED) is 0.781. The van der Waals surface area contributed by atoms with Crippen molar-refractivity contribution in [1.82, 2.24) is 10.3 Å². The first-order valence-corrected chi connectivity index (χ1v) is 5.15. The molecule has 0 saturated carbocycles. The average Bonchev–Trinajstić information content (AvgIpc) is 2.51. The van der Waals surface area contributed by atoms with E-state index in [0.29, 0.717) is 12.0 Å². The number of thiazole rings is 1. The Morgan fingerprint density at radius 3 is 2.50 bits per heavy atom. The van der Waals surface area contributed by atoms with Crippen LogP contribution in [-0.4, -0.2) is 12.0 Å². The normalized spacial score (nSPS) is 13.8. The minimum absolute atomic E-state index is 0.377. The predicted octanol–water partition coefficient (Wildman–Crippen LogP) is 2.55. The molecule has 0 amide bonds. The SMILES string of the molecule is CNC(C)c1nc(C(C)C)cs1. The molecule has 1 aromatic rings. The summed E-state index contributed by atoms with van der Waals surface area (Å²) in [6.45, 7) is 6.47. The summed E-state index contributed by atoms with van der Waals surface area (Å²) in [6.07, 6.45) is 0. The monoisotopic (exact) mass is 184 g/mol. The molecule has 1 heterocycles. The van der Waals surface area contributed by atoms with Gasteiger partial charge < -0.3 is 5.32 Å². The summed E-state index contributed by atoms with van der Waals surface area (Å²) >= 11 is 1.74. The Bertz CT molecular complexity index is 242. The summed E-state index contributed by atoms with van der Waals surface area (Å²) in [5, 5.41) is 6.51. The fraction of sp³-hybridized carbons (Fsp3) is 0.667. The van der Waals surface area contributed by atoms with Gasteiger partial charge in [0.05, 0.1) is 11.7 Å².